The molecule has 1 amide bonds. The summed E-state index contributed by atoms with van der Waals surface area (Å²) in [6.07, 6.45) is 3.68. The van der Waals surface area contributed by atoms with Gasteiger partial charge in [-0.1, -0.05) is 20.3 Å². The normalized spacial score (nSPS) is 22.9. The average Bonchev–Trinajstić information content (AvgIpc) is 2.28. The fourth-order valence-electron chi connectivity index (χ4n) is 2.21. The van der Waals surface area contributed by atoms with Crippen LogP contribution in [0.4, 0.5) is 0 Å². The third-order valence-corrected chi connectivity index (χ3v) is 4.05. The highest BCUT2D eigenvalue weighted by Gasteiger charge is 2.29. The zero-order valence-corrected chi connectivity index (χ0v) is 10.8. The smallest absolute Gasteiger partial charge is 0.235 e. The molecule has 1 aliphatic rings. The van der Waals surface area contributed by atoms with Crippen molar-refractivity contribution in [1.82, 2.24) is 10.2 Å². The van der Waals surface area contributed by atoms with Crippen LogP contribution in [0.2, 0.25) is 0 Å². The van der Waals surface area contributed by atoms with Crippen molar-refractivity contribution >= 4 is 5.91 Å². The minimum absolute atomic E-state index is 0.217. The van der Waals surface area contributed by atoms with E-state index in [0.717, 1.165) is 19.6 Å². The number of primary amides is 1. The van der Waals surface area contributed by atoms with E-state index in [1.807, 2.05) is 0 Å². The molecule has 0 spiro atoms. The number of nitrogens with zero attached hydrogens (tertiary/aromatic N) is 1. The molecule has 1 unspecified atom stereocenters. The molecule has 4 heteroatoms. The second-order valence-corrected chi connectivity index (χ2v) is 5.21. The van der Waals surface area contributed by atoms with E-state index >= 15 is 0 Å². The molecular weight excluding hydrogens is 202 g/mol. The predicted octanol–water partition coefficient (Wildman–Crippen LogP) is 0.572. The van der Waals surface area contributed by atoms with E-state index in [-0.39, 0.29) is 11.9 Å². The van der Waals surface area contributed by atoms with Gasteiger partial charge in [-0.3, -0.25) is 4.79 Å². The maximum Gasteiger partial charge on any atom is 0.235 e. The van der Waals surface area contributed by atoms with Gasteiger partial charge in [-0.15, -0.1) is 0 Å². The molecule has 4 nitrogen and oxygen atoms in total. The number of carbonyl (C=O) groups excluding carboxylic acids is 1. The Morgan fingerprint density at radius 2 is 2.06 bits per heavy atom. The van der Waals surface area contributed by atoms with E-state index in [9.17, 15) is 4.79 Å². The molecule has 94 valence electrons. The maximum absolute atomic E-state index is 11.1. The fraction of sp³-hybridized carbons (Fsp3) is 0.917. The molecule has 1 rings (SSSR count). The molecule has 0 bridgehead atoms. The number of likely N-dealkylation sites (N-methyl/N-ethyl adjacent to an activating group) is 1. The largest absolute Gasteiger partial charge is 0.368 e. The number of nitrogens with two attached hydrogens (primary N) is 1. The second-order valence-electron chi connectivity index (χ2n) is 5.21. The van der Waals surface area contributed by atoms with Crippen molar-refractivity contribution in [3.05, 3.63) is 0 Å². The quantitative estimate of drug-likeness (QED) is 0.722. The summed E-state index contributed by atoms with van der Waals surface area (Å²) in [6.45, 7) is 7.51. The lowest BCUT2D eigenvalue weighted by Crippen LogP contribution is -2.50. The Balaban J connectivity index is 2.39. The lowest BCUT2D eigenvalue weighted by molar-refractivity contribution is -0.120. The molecule has 16 heavy (non-hydrogen) atoms. The molecular formula is C12H25N3O. The highest BCUT2D eigenvalue weighted by molar-refractivity contribution is 5.80. The molecule has 1 aliphatic heterocycles. The van der Waals surface area contributed by atoms with Crippen LogP contribution >= 0.6 is 0 Å². The Labute approximate surface area is 98.6 Å². The summed E-state index contributed by atoms with van der Waals surface area (Å²) in [4.78, 5) is 13.5. The average molecular weight is 227 g/mol. The molecule has 1 fully saturated rings. The first-order chi connectivity index (χ1) is 7.50. The van der Waals surface area contributed by atoms with E-state index in [2.05, 4.69) is 24.1 Å². The molecule has 0 aromatic rings. The van der Waals surface area contributed by atoms with Gasteiger partial charge in [0.1, 0.15) is 0 Å². The Hall–Kier alpha value is -0.610. The van der Waals surface area contributed by atoms with Crippen LogP contribution < -0.4 is 11.1 Å². The van der Waals surface area contributed by atoms with Crippen LogP contribution in [0.1, 0.15) is 33.1 Å². The summed E-state index contributed by atoms with van der Waals surface area (Å²) < 4.78 is 0. The molecule has 0 aromatic heterocycles. The van der Waals surface area contributed by atoms with Gasteiger partial charge in [-0.25, -0.2) is 0 Å². The van der Waals surface area contributed by atoms with Crippen LogP contribution in [-0.4, -0.2) is 43.5 Å². The van der Waals surface area contributed by atoms with Crippen LogP contribution in [0.15, 0.2) is 0 Å². The minimum Gasteiger partial charge on any atom is -0.368 e. The van der Waals surface area contributed by atoms with E-state index < -0.39 is 0 Å². The van der Waals surface area contributed by atoms with Gasteiger partial charge in [0, 0.05) is 6.54 Å². The second kappa shape index (κ2) is 5.64. The molecule has 0 radical (unpaired) electrons. The van der Waals surface area contributed by atoms with Crippen molar-refractivity contribution in [1.29, 1.82) is 0 Å². The highest BCUT2D eigenvalue weighted by Crippen LogP contribution is 2.33. The standard InChI is InChI=1S/C12H25N3O/c1-4-12(2)5-7-15(8-6-12)9-10(14-3)11(13)16/h10,14H,4-9H2,1-3H3,(H2,13,16). The summed E-state index contributed by atoms with van der Waals surface area (Å²) in [6, 6.07) is -0.217. The van der Waals surface area contributed by atoms with Gasteiger partial charge in [0.15, 0.2) is 0 Å². The topological polar surface area (TPSA) is 58.4 Å². The molecule has 1 heterocycles. The summed E-state index contributed by atoms with van der Waals surface area (Å²) in [7, 11) is 1.79. The van der Waals surface area contributed by atoms with Crippen LogP contribution in [0.3, 0.4) is 0 Å². The van der Waals surface area contributed by atoms with E-state index in [1.54, 1.807) is 7.05 Å². The SMILES string of the molecule is CCC1(C)CCN(CC(NC)C(N)=O)CC1. The highest BCUT2D eigenvalue weighted by atomic mass is 16.1. The third-order valence-electron chi connectivity index (χ3n) is 4.05. The maximum atomic E-state index is 11.1. The first kappa shape index (κ1) is 13.5. The summed E-state index contributed by atoms with van der Waals surface area (Å²) >= 11 is 0. The van der Waals surface area contributed by atoms with Gasteiger partial charge in [0.2, 0.25) is 5.91 Å². The lowest BCUT2D eigenvalue weighted by Gasteiger charge is -2.39. The van der Waals surface area contributed by atoms with Crippen LogP contribution in [-0.2, 0) is 4.79 Å². The van der Waals surface area contributed by atoms with E-state index in [1.165, 1.54) is 19.3 Å². The number of piperidine rings is 1. The number of nitrogens with one attached hydrogen (secondary N) is 1. The van der Waals surface area contributed by atoms with Crippen molar-refractivity contribution < 1.29 is 4.79 Å². The monoisotopic (exact) mass is 227 g/mol. The van der Waals surface area contributed by atoms with Gasteiger partial charge in [-0.2, -0.15) is 0 Å². The summed E-state index contributed by atoms with van der Waals surface area (Å²) in [5, 5.41) is 2.97. The van der Waals surface area contributed by atoms with Crippen molar-refractivity contribution in [3.8, 4) is 0 Å². The lowest BCUT2D eigenvalue weighted by atomic mass is 9.78. The van der Waals surface area contributed by atoms with Crippen molar-refractivity contribution in [2.75, 3.05) is 26.7 Å². The van der Waals surface area contributed by atoms with Gasteiger partial charge in [-0.05, 0) is 38.4 Å². The van der Waals surface area contributed by atoms with Crippen molar-refractivity contribution in [2.45, 2.75) is 39.2 Å². The van der Waals surface area contributed by atoms with Gasteiger partial charge < -0.3 is 16.0 Å². The number of hydrogen-bond acceptors (Lipinski definition) is 3. The van der Waals surface area contributed by atoms with E-state index in [4.69, 9.17) is 5.73 Å². The molecule has 1 saturated heterocycles. The molecule has 0 saturated carbocycles. The number of carbonyl (C=O) groups is 1. The third kappa shape index (κ3) is 3.46. The number of amides is 1. The zero-order valence-electron chi connectivity index (χ0n) is 10.8. The van der Waals surface area contributed by atoms with Crippen LogP contribution in [0, 0.1) is 5.41 Å². The predicted molar refractivity (Wildman–Crippen MR) is 66.1 cm³/mol. The zero-order chi connectivity index (χ0) is 12.2. The number of rotatable bonds is 5. The Morgan fingerprint density at radius 3 is 2.44 bits per heavy atom. The van der Waals surface area contributed by atoms with Gasteiger partial charge >= 0.3 is 0 Å². The first-order valence-corrected chi connectivity index (χ1v) is 6.19. The fourth-order valence-corrected chi connectivity index (χ4v) is 2.21. The molecule has 1 atom stereocenters. The van der Waals surface area contributed by atoms with Crippen molar-refractivity contribution in [2.24, 2.45) is 11.1 Å². The minimum atomic E-state index is -0.258. The Bertz CT molecular complexity index is 234. The summed E-state index contributed by atoms with van der Waals surface area (Å²) in [5.41, 5.74) is 5.81. The summed E-state index contributed by atoms with van der Waals surface area (Å²) in [5.74, 6) is -0.258. The van der Waals surface area contributed by atoms with Crippen LogP contribution in [0.5, 0.6) is 0 Å². The van der Waals surface area contributed by atoms with Gasteiger partial charge in [0.25, 0.3) is 0 Å². The Morgan fingerprint density at radius 1 is 1.50 bits per heavy atom. The molecule has 0 aromatic carbocycles. The number of hydrogen-bond donors (Lipinski definition) is 2. The van der Waals surface area contributed by atoms with Crippen LogP contribution in [0.25, 0.3) is 0 Å². The van der Waals surface area contributed by atoms with E-state index in [0.29, 0.717) is 5.41 Å². The van der Waals surface area contributed by atoms with Gasteiger partial charge in [0.05, 0.1) is 6.04 Å². The first-order valence-electron chi connectivity index (χ1n) is 6.19. The van der Waals surface area contributed by atoms with Crippen molar-refractivity contribution in [3.63, 3.8) is 0 Å². The Kier molecular flexibility index (Phi) is 4.74. The molecule has 3 N–H and O–H groups in total. The number of likely N-dealkylation sites (tertiary alicyclic amines) is 1. The molecule has 0 aliphatic carbocycles.